The van der Waals surface area contributed by atoms with Crippen molar-refractivity contribution in [1.29, 1.82) is 0 Å². The average molecular weight is 293 g/mol. The van der Waals surface area contributed by atoms with E-state index in [0.29, 0.717) is 6.42 Å². The van der Waals surface area contributed by atoms with Crippen LogP contribution in [-0.2, 0) is 20.7 Å². The van der Waals surface area contributed by atoms with Gasteiger partial charge >= 0.3 is 5.97 Å². The third-order valence-corrected chi connectivity index (χ3v) is 3.46. The Morgan fingerprint density at radius 2 is 1.95 bits per heavy atom. The van der Waals surface area contributed by atoms with Crippen molar-refractivity contribution in [3.05, 3.63) is 29.8 Å². The van der Waals surface area contributed by atoms with Crippen molar-refractivity contribution in [2.45, 2.75) is 19.4 Å². The van der Waals surface area contributed by atoms with Crippen molar-refractivity contribution in [2.24, 2.45) is 0 Å². The number of methoxy groups -OCH3 is 1. The molecular weight excluding hydrogens is 270 g/mol. The van der Waals surface area contributed by atoms with E-state index >= 15 is 0 Å². The van der Waals surface area contributed by atoms with Gasteiger partial charge in [-0.3, -0.25) is 9.69 Å². The van der Waals surface area contributed by atoms with Crippen molar-refractivity contribution in [1.82, 2.24) is 4.90 Å². The third-order valence-electron chi connectivity index (χ3n) is 3.46. The van der Waals surface area contributed by atoms with Crippen molar-refractivity contribution < 1.29 is 19.0 Å². The van der Waals surface area contributed by atoms with Crippen molar-refractivity contribution in [3.8, 4) is 5.75 Å². The van der Waals surface area contributed by atoms with E-state index in [1.54, 1.807) is 0 Å². The Kier molecular flexibility index (Phi) is 6.02. The van der Waals surface area contributed by atoms with Crippen LogP contribution in [0.25, 0.3) is 0 Å². The quantitative estimate of drug-likeness (QED) is 0.744. The molecule has 1 aliphatic rings. The monoisotopic (exact) mass is 293 g/mol. The maximum absolute atomic E-state index is 11.2. The SMILES string of the molecule is COC(=O)Cc1ccc(OC(C)CN2CCOCC2)cc1. The Hall–Kier alpha value is -1.59. The van der Waals surface area contributed by atoms with Crippen LogP contribution in [0.1, 0.15) is 12.5 Å². The molecule has 1 heterocycles. The molecule has 5 heteroatoms. The van der Waals surface area contributed by atoms with Crippen LogP contribution < -0.4 is 4.74 Å². The molecule has 0 amide bonds. The van der Waals surface area contributed by atoms with Crippen molar-refractivity contribution in [3.63, 3.8) is 0 Å². The molecule has 1 unspecified atom stereocenters. The second-order valence-corrected chi connectivity index (χ2v) is 5.24. The molecule has 5 nitrogen and oxygen atoms in total. The lowest BCUT2D eigenvalue weighted by atomic mass is 10.1. The molecule has 0 radical (unpaired) electrons. The number of nitrogens with zero attached hydrogens (tertiary/aromatic N) is 1. The zero-order chi connectivity index (χ0) is 15.1. The Morgan fingerprint density at radius 3 is 2.57 bits per heavy atom. The Labute approximate surface area is 125 Å². The summed E-state index contributed by atoms with van der Waals surface area (Å²) in [5.41, 5.74) is 0.926. The van der Waals surface area contributed by atoms with Gasteiger partial charge in [-0.1, -0.05) is 12.1 Å². The fraction of sp³-hybridized carbons (Fsp3) is 0.562. The number of rotatable bonds is 6. The Bertz CT molecular complexity index is 440. The molecule has 1 aromatic carbocycles. The number of benzene rings is 1. The van der Waals surface area contributed by atoms with Gasteiger partial charge in [-0.05, 0) is 24.6 Å². The highest BCUT2D eigenvalue weighted by atomic mass is 16.5. The number of hydrogen-bond donors (Lipinski definition) is 0. The number of morpholine rings is 1. The van der Waals surface area contributed by atoms with Gasteiger partial charge in [-0.25, -0.2) is 0 Å². The smallest absolute Gasteiger partial charge is 0.309 e. The summed E-state index contributed by atoms with van der Waals surface area (Å²) in [6.45, 7) is 6.49. The number of hydrogen-bond acceptors (Lipinski definition) is 5. The van der Waals surface area contributed by atoms with Crippen LogP contribution in [0.2, 0.25) is 0 Å². The molecule has 0 aromatic heterocycles. The highest BCUT2D eigenvalue weighted by Gasteiger charge is 2.14. The number of esters is 1. The fourth-order valence-corrected chi connectivity index (χ4v) is 2.34. The maximum atomic E-state index is 11.2. The average Bonchev–Trinajstić information content (AvgIpc) is 2.50. The molecule has 0 aliphatic carbocycles. The van der Waals surface area contributed by atoms with E-state index in [1.165, 1.54) is 7.11 Å². The van der Waals surface area contributed by atoms with E-state index in [2.05, 4.69) is 16.6 Å². The van der Waals surface area contributed by atoms with Gasteiger partial charge in [0.05, 0.1) is 26.7 Å². The summed E-state index contributed by atoms with van der Waals surface area (Å²) >= 11 is 0. The summed E-state index contributed by atoms with van der Waals surface area (Å²) < 4.78 is 15.9. The largest absolute Gasteiger partial charge is 0.489 e. The molecule has 0 N–H and O–H groups in total. The van der Waals surface area contributed by atoms with Crippen molar-refractivity contribution in [2.75, 3.05) is 40.0 Å². The van der Waals surface area contributed by atoms with Gasteiger partial charge in [-0.15, -0.1) is 0 Å². The molecule has 0 spiro atoms. The minimum atomic E-state index is -0.232. The lowest BCUT2D eigenvalue weighted by Gasteiger charge is -2.29. The van der Waals surface area contributed by atoms with Crippen LogP contribution in [0.4, 0.5) is 0 Å². The highest BCUT2D eigenvalue weighted by molar-refractivity contribution is 5.72. The van der Waals surface area contributed by atoms with Crippen LogP contribution in [0.3, 0.4) is 0 Å². The van der Waals surface area contributed by atoms with E-state index in [-0.39, 0.29) is 12.1 Å². The molecule has 0 saturated carbocycles. The summed E-state index contributed by atoms with van der Waals surface area (Å²) in [6.07, 6.45) is 0.412. The van der Waals surface area contributed by atoms with E-state index in [0.717, 1.165) is 44.2 Å². The molecule has 1 saturated heterocycles. The van der Waals surface area contributed by atoms with E-state index in [4.69, 9.17) is 9.47 Å². The lowest BCUT2D eigenvalue weighted by molar-refractivity contribution is -0.139. The number of carbonyl (C=O) groups is 1. The van der Waals surface area contributed by atoms with Crippen LogP contribution in [0.5, 0.6) is 5.75 Å². The second-order valence-electron chi connectivity index (χ2n) is 5.24. The predicted octanol–water partition coefficient (Wildman–Crippen LogP) is 1.50. The van der Waals surface area contributed by atoms with Gasteiger partial charge in [0.1, 0.15) is 11.9 Å². The van der Waals surface area contributed by atoms with Gasteiger partial charge in [0.2, 0.25) is 0 Å². The van der Waals surface area contributed by atoms with E-state index < -0.39 is 0 Å². The van der Waals surface area contributed by atoms with Gasteiger partial charge < -0.3 is 14.2 Å². The van der Waals surface area contributed by atoms with E-state index in [1.807, 2.05) is 24.3 Å². The Morgan fingerprint density at radius 1 is 1.29 bits per heavy atom. The topological polar surface area (TPSA) is 48.0 Å². The van der Waals surface area contributed by atoms with Crippen LogP contribution in [-0.4, -0.2) is 56.9 Å². The number of ether oxygens (including phenoxy) is 3. The molecule has 0 bridgehead atoms. The minimum absolute atomic E-state index is 0.120. The zero-order valence-corrected chi connectivity index (χ0v) is 12.7. The molecule has 1 atom stereocenters. The summed E-state index contributed by atoms with van der Waals surface area (Å²) in [7, 11) is 1.40. The second kappa shape index (κ2) is 8.00. The summed E-state index contributed by atoms with van der Waals surface area (Å²) in [5.74, 6) is 0.591. The minimum Gasteiger partial charge on any atom is -0.489 e. The highest BCUT2D eigenvalue weighted by Crippen LogP contribution is 2.15. The van der Waals surface area contributed by atoms with Crippen LogP contribution >= 0.6 is 0 Å². The molecule has 2 rings (SSSR count). The molecule has 21 heavy (non-hydrogen) atoms. The maximum Gasteiger partial charge on any atom is 0.309 e. The number of carbonyl (C=O) groups excluding carboxylic acids is 1. The summed E-state index contributed by atoms with van der Waals surface area (Å²) in [4.78, 5) is 13.5. The predicted molar refractivity (Wildman–Crippen MR) is 79.5 cm³/mol. The first-order chi connectivity index (χ1) is 10.2. The first-order valence-electron chi connectivity index (χ1n) is 7.30. The van der Waals surface area contributed by atoms with Gasteiger partial charge in [0.25, 0.3) is 0 Å². The molecule has 1 fully saturated rings. The van der Waals surface area contributed by atoms with Gasteiger partial charge in [0, 0.05) is 19.6 Å². The molecular formula is C16H23NO4. The van der Waals surface area contributed by atoms with Crippen LogP contribution in [0.15, 0.2) is 24.3 Å². The summed E-state index contributed by atoms with van der Waals surface area (Å²) in [6, 6.07) is 7.59. The lowest BCUT2D eigenvalue weighted by Crippen LogP contribution is -2.41. The molecule has 1 aromatic rings. The zero-order valence-electron chi connectivity index (χ0n) is 12.7. The third kappa shape index (κ3) is 5.36. The standard InChI is InChI=1S/C16H23NO4/c1-13(12-17-7-9-20-10-8-17)21-15-5-3-14(4-6-15)11-16(18)19-2/h3-6,13H,7-12H2,1-2H3. The first-order valence-corrected chi connectivity index (χ1v) is 7.30. The van der Waals surface area contributed by atoms with E-state index in [9.17, 15) is 4.79 Å². The van der Waals surface area contributed by atoms with Crippen molar-refractivity contribution >= 4 is 5.97 Å². The first kappa shape index (κ1) is 15.8. The van der Waals surface area contributed by atoms with Gasteiger partial charge in [0.15, 0.2) is 0 Å². The molecule has 116 valence electrons. The summed E-state index contributed by atoms with van der Waals surface area (Å²) in [5, 5.41) is 0. The normalized spacial score (nSPS) is 17.2. The van der Waals surface area contributed by atoms with Gasteiger partial charge in [-0.2, -0.15) is 0 Å². The van der Waals surface area contributed by atoms with Crippen LogP contribution in [0, 0.1) is 0 Å². The Balaban J connectivity index is 1.80. The fourth-order valence-electron chi connectivity index (χ4n) is 2.34. The molecule has 1 aliphatic heterocycles.